The molecule has 0 aliphatic heterocycles. The quantitative estimate of drug-likeness (QED) is 0.647. The third-order valence-electron chi connectivity index (χ3n) is 3.83. The van der Waals surface area contributed by atoms with Crippen LogP contribution in [0, 0.1) is 5.41 Å². The molecule has 21 heavy (non-hydrogen) atoms. The molecule has 0 fully saturated rings. The van der Waals surface area contributed by atoms with Crippen LogP contribution in [0.5, 0.6) is 0 Å². The Kier molecular flexibility index (Phi) is 6.93. The van der Waals surface area contributed by atoms with Crippen LogP contribution in [-0.2, 0) is 13.0 Å². The fourth-order valence-corrected chi connectivity index (χ4v) is 2.14. The first-order chi connectivity index (χ1) is 9.99. The summed E-state index contributed by atoms with van der Waals surface area (Å²) >= 11 is 0. The van der Waals surface area contributed by atoms with Crippen LogP contribution in [0.1, 0.15) is 51.7 Å². The monoisotopic (exact) mass is 284 g/mol. The van der Waals surface area contributed by atoms with Gasteiger partial charge in [0.05, 0.1) is 5.71 Å². The van der Waals surface area contributed by atoms with Gasteiger partial charge in [-0.3, -0.25) is 0 Å². The van der Waals surface area contributed by atoms with Gasteiger partial charge in [0, 0.05) is 12.2 Å². The molecule has 2 nitrogen and oxygen atoms in total. The molecule has 0 aromatic heterocycles. The van der Waals surface area contributed by atoms with E-state index in [0.717, 1.165) is 42.7 Å². The average molecular weight is 284 g/mol. The van der Waals surface area contributed by atoms with Crippen LogP contribution in [-0.4, -0.2) is 5.71 Å². The number of hydrogen-bond acceptors (Lipinski definition) is 2. The Balaban J connectivity index is 2.65. The highest BCUT2D eigenvalue weighted by molar-refractivity contribution is 6.09. The molecule has 0 saturated carbocycles. The van der Waals surface area contributed by atoms with E-state index in [-0.39, 0.29) is 0 Å². The molecule has 2 heteroatoms. The summed E-state index contributed by atoms with van der Waals surface area (Å²) in [5, 5.41) is 11.6. The van der Waals surface area contributed by atoms with Gasteiger partial charge in [-0.05, 0) is 49.0 Å². The first-order valence-electron chi connectivity index (χ1n) is 7.75. The third-order valence-corrected chi connectivity index (χ3v) is 3.83. The zero-order chi connectivity index (χ0) is 15.8. The number of benzene rings is 1. The lowest BCUT2D eigenvalue weighted by molar-refractivity contribution is 0.803. The Labute approximate surface area is 129 Å². The van der Waals surface area contributed by atoms with E-state index >= 15 is 0 Å². The van der Waals surface area contributed by atoms with Gasteiger partial charge in [0.25, 0.3) is 0 Å². The molecule has 2 N–H and O–H groups in total. The normalized spacial score (nSPS) is 11.8. The zero-order valence-electron chi connectivity index (χ0n) is 13.8. The SMILES string of the molecule is C=C(CCC)C(=N)/C(C)=C(/C)NCc1ccc(CC)cc1. The van der Waals surface area contributed by atoms with Crippen LogP contribution >= 0.6 is 0 Å². The minimum absolute atomic E-state index is 0.572. The lowest BCUT2D eigenvalue weighted by Crippen LogP contribution is -2.15. The van der Waals surface area contributed by atoms with Gasteiger partial charge in [0.1, 0.15) is 0 Å². The Morgan fingerprint density at radius 3 is 2.19 bits per heavy atom. The Hall–Kier alpha value is -1.83. The minimum Gasteiger partial charge on any atom is -0.384 e. The van der Waals surface area contributed by atoms with Crippen molar-refractivity contribution < 1.29 is 0 Å². The third kappa shape index (κ3) is 5.22. The molecule has 0 spiro atoms. The molecule has 1 aromatic carbocycles. The lowest BCUT2D eigenvalue weighted by atomic mass is 10.00. The maximum absolute atomic E-state index is 8.17. The van der Waals surface area contributed by atoms with Crippen molar-refractivity contribution in [2.45, 2.75) is 53.5 Å². The Morgan fingerprint density at radius 2 is 1.67 bits per heavy atom. The van der Waals surface area contributed by atoms with Crippen LogP contribution < -0.4 is 5.32 Å². The van der Waals surface area contributed by atoms with Gasteiger partial charge in [-0.15, -0.1) is 0 Å². The number of allylic oxidation sites excluding steroid dienone is 3. The van der Waals surface area contributed by atoms with Crippen LogP contribution in [0.15, 0.2) is 47.7 Å². The second-order valence-electron chi connectivity index (χ2n) is 5.50. The molecule has 0 amide bonds. The van der Waals surface area contributed by atoms with Crippen LogP contribution in [0.2, 0.25) is 0 Å². The molecular formula is C19H28N2. The predicted molar refractivity (Wildman–Crippen MR) is 92.8 cm³/mol. The van der Waals surface area contributed by atoms with Crippen molar-refractivity contribution in [1.82, 2.24) is 5.32 Å². The standard InChI is InChI=1S/C19H28N2/c1-6-8-14(3)19(20)15(4)16(5)21-13-18-11-9-17(7-2)10-12-18/h9-12,20-21H,3,6-8,13H2,1-2,4-5H3/b16-15-,20-19?. The van der Waals surface area contributed by atoms with Crippen molar-refractivity contribution in [3.8, 4) is 0 Å². The van der Waals surface area contributed by atoms with Crippen molar-refractivity contribution >= 4 is 5.71 Å². The van der Waals surface area contributed by atoms with Gasteiger partial charge in [-0.1, -0.05) is 51.1 Å². The van der Waals surface area contributed by atoms with Crippen molar-refractivity contribution in [3.05, 3.63) is 58.8 Å². The molecule has 1 rings (SSSR count). The number of aryl methyl sites for hydroxylation is 1. The summed E-state index contributed by atoms with van der Waals surface area (Å²) in [5.41, 5.74) is 6.15. The number of nitrogens with one attached hydrogen (secondary N) is 2. The van der Waals surface area contributed by atoms with E-state index in [4.69, 9.17) is 5.41 Å². The summed E-state index contributed by atoms with van der Waals surface area (Å²) in [6, 6.07) is 8.67. The molecule has 0 radical (unpaired) electrons. The van der Waals surface area contributed by atoms with E-state index in [1.807, 2.05) is 13.8 Å². The highest BCUT2D eigenvalue weighted by Crippen LogP contribution is 2.13. The van der Waals surface area contributed by atoms with Gasteiger partial charge in [-0.25, -0.2) is 0 Å². The molecule has 0 saturated heterocycles. The van der Waals surface area contributed by atoms with E-state index in [2.05, 4.69) is 50.0 Å². The van der Waals surface area contributed by atoms with Crippen LogP contribution in [0.3, 0.4) is 0 Å². The smallest absolute Gasteiger partial charge is 0.0612 e. The predicted octanol–water partition coefficient (Wildman–Crippen LogP) is 5.01. The summed E-state index contributed by atoms with van der Waals surface area (Å²) in [4.78, 5) is 0. The Morgan fingerprint density at radius 1 is 1.10 bits per heavy atom. The first-order valence-corrected chi connectivity index (χ1v) is 7.75. The summed E-state index contributed by atoms with van der Waals surface area (Å²) in [7, 11) is 0. The average Bonchev–Trinajstić information content (AvgIpc) is 2.51. The second kappa shape index (κ2) is 8.46. The van der Waals surface area contributed by atoms with E-state index in [1.54, 1.807) is 0 Å². The highest BCUT2D eigenvalue weighted by Gasteiger charge is 2.07. The van der Waals surface area contributed by atoms with Gasteiger partial charge < -0.3 is 10.7 Å². The van der Waals surface area contributed by atoms with Gasteiger partial charge in [0.2, 0.25) is 0 Å². The van der Waals surface area contributed by atoms with E-state index in [0.29, 0.717) is 5.71 Å². The maximum Gasteiger partial charge on any atom is 0.0612 e. The molecule has 0 heterocycles. The summed E-state index contributed by atoms with van der Waals surface area (Å²) in [6.07, 6.45) is 3.00. The number of hydrogen-bond donors (Lipinski definition) is 2. The molecule has 0 unspecified atom stereocenters. The van der Waals surface area contributed by atoms with Crippen molar-refractivity contribution in [2.24, 2.45) is 0 Å². The van der Waals surface area contributed by atoms with Gasteiger partial charge in [0.15, 0.2) is 0 Å². The van der Waals surface area contributed by atoms with Gasteiger partial charge in [-0.2, -0.15) is 0 Å². The Bertz CT molecular complexity index is 521. The van der Waals surface area contributed by atoms with Crippen LogP contribution in [0.4, 0.5) is 0 Å². The van der Waals surface area contributed by atoms with E-state index < -0.39 is 0 Å². The van der Waals surface area contributed by atoms with Crippen molar-refractivity contribution in [2.75, 3.05) is 0 Å². The van der Waals surface area contributed by atoms with Crippen LogP contribution in [0.25, 0.3) is 0 Å². The second-order valence-corrected chi connectivity index (χ2v) is 5.50. The molecule has 0 aliphatic rings. The molecule has 1 aromatic rings. The highest BCUT2D eigenvalue weighted by atomic mass is 14.9. The topological polar surface area (TPSA) is 35.9 Å². The van der Waals surface area contributed by atoms with Crippen molar-refractivity contribution in [1.29, 1.82) is 5.41 Å². The summed E-state index contributed by atoms with van der Waals surface area (Å²) in [5.74, 6) is 0. The maximum atomic E-state index is 8.17. The van der Waals surface area contributed by atoms with Gasteiger partial charge >= 0.3 is 0 Å². The fraction of sp³-hybridized carbons (Fsp3) is 0.421. The number of rotatable bonds is 8. The lowest BCUT2D eigenvalue weighted by Gasteiger charge is -2.13. The minimum atomic E-state index is 0.572. The largest absolute Gasteiger partial charge is 0.384 e. The molecular weight excluding hydrogens is 256 g/mol. The van der Waals surface area contributed by atoms with Crippen molar-refractivity contribution in [3.63, 3.8) is 0 Å². The van der Waals surface area contributed by atoms with E-state index in [1.165, 1.54) is 11.1 Å². The zero-order valence-corrected chi connectivity index (χ0v) is 13.8. The molecule has 114 valence electrons. The summed E-state index contributed by atoms with van der Waals surface area (Å²) in [6.45, 7) is 13.1. The first kappa shape index (κ1) is 17.2. The fourth-order valence-electron chi connectivity index (χ4n) is 2.14. The molecule has 0 bridgehead atoms. The molecule has 0 atom stereocenters. The van der Waals surface area contributed by atoms with E-state index in [9.17, 15) is 0 Å². The summed E-state index contributed by atoms with van der Waals surface area (Å²) < 4.78 is 0. The molecule has 0 aliphatic carbocycles.